The van der Waals surface area contributed by atoms with Gasteiger partial charge in [-0.3, -0.25) is 0 Å². The van der Waals surface area contributed by atoms with Crippen molar-refractivity contribution in [3.63, 3.8) is 0 Å². The zero-order chi connectivity index (χ0) is 16.7. The first-order valence-electron chi connectivity index (χ1n) is 7.92. The highest BCUT2D eigenvalue weighted by Gasteiger charge is 2.26. The SMILES string of the molecule is C[n+]1c(-c2cc(Cl)cc(Cl)c2)n(CC2C=CC=C2)c2ccccc21. The first-order chi connectivity index (χ1) is 11.6. The molecule has 120 valence electrons. The molecule has 0 saturated heterocycles. The van der Waals surface area contributed by atoms with Crippen molar-refractivity contribution in [1.82, 2.24) is 4.57 Å². The van der Waals surface area contributed by atoms with Crippen molar-refractivity contribution in [3.8, 4) is 11.4 Å². The van der Waals surface area contributed by atoms with E-state index in [4.69, 9.17) is 23.2 Å². The molecule has 0 spiro atoms. The molecule has 0 saturated carbocycles. The number of rotatable bonds is 3. The third-order valence-electron chi connectivity index (χ3n) is 4.45. The summed E-state index contributed by atoms with van der Waals surface area (Å²) in [5.41, 5.74) is 3.42. The normalized spacial score (nSPS) is 14.1. The Balaban J connectivity index is 1.97. The van der Waals surface area contributed by atoms with Gasteiger partial charge in [-0.1, -0.05) is 59.6 Å². The molecule has 2 nitrogen and oxygen atoms in total. The van der Waals surface area contributed by atoms with Crippen LogP contribution < -0.4 is 4.57 Å². The smallest absolute Gasteiger partial charge is 0.226 e. The Morgan fingerprint density at radius 3 is 2.38 bits per heavy atom. The van der Waals surface area contributed by atoms with Crippen molar-refractivity contribution in [2.75, 3.05) is 0 Å². The fourth-order valence-corrected chi connectivity index (χ4v) is 3.94. The summed E-state index contributed by atoms with van der Waals surface area (Å²) in [7, 11) is 2.09. The number of halogens is 2. The topological polar surface area (TPSA) is 8.81 Å². The zero-order valence-corrected chi connectivity index (χ0v) is 14.8. The van der Waals surface area contributed by atoms with Crippen LogP contribution in [0, 0.1) is 5.92 Å². The van der Waals surface area contributed by atoms with E-state index in [1.165, 1.54) is 11.0 Å². The molecule has 0 bridgehead atoms. The fourth-order valence-electron chi connectivity index (χ4n) is 3.41. The Bertz CT molecular complexity index is 950. The van der Waals surface area contributed by atoms with Gasteiger partial charge in [-0.2, -0.15) is 0 Å². The molecule has 1 aliphatic carbocycles. The summed E-state index contributed by atoms with van der Waals surface area (Å²) in [6.45, 7) is 0.883. The van der Waals surface area contributed by atoms with Crippen LogP contribution in [0.15, 0.2) is 66.8 Å². The Labute approximate surface area is 151 Å². The lowest BCUT2D eigenvalue weighted by Gasteiger charge is -2.07. The number of allylic oxidation sites excluding steroid dienone is 4. The van der Waals surface area contributed by atoms with Crippen LogP contribution in [0.5, 0.6) is 0 Å². The molecule has 0 amide bonds. The number of fused-ring (bicyclic) bond motifs is 1. The van der Waals surface area contributed by atoms with Gasteiger partial charge < -0.3 is 0 Å². The molecule has 0 radical (unpaired) electrons. The minimum absolute atomic E-state index is 0.397. The predicted octanol–water partition coefficient (Wildman–Crippen LogP) is 5.18. The Kier molecular flexibility index (Phi) is 3.95. The van der Waals surface area contributed by atoms with Gasteiger partial charge in [-0.15, -0.1) is 0 Å². The summed E-state index contributed by atoms with van der Waals surface area (Å²) in [5, 5.41) is 1.30. The molecule has 1 aromatic heterocycles. The molecule has 24 heavy (non-hydrogen) atoms. The highest BCUT2D eigenvalue weighted by atomic mass is 35.5. The number of hydrogen-bond donors (Lipinski definition) is 0. The molecule has 0 N–H and O–H groups in total. The van der Waals surface area contributed by atoms with Crippen LogP contribution in [-0.4, -0.2) is 4.57 Å². The van der Waals surface area contributed by atoms with Crippen molar-refractivity contribution in [3.05, 3.63) is 76.8 Å². The molecule has 1 aliphatic rings. The number of para-hydroxylation sites is 2. The molecule has 0 aliphatic heterocycles. The second kappa shape index (κ2) is 6.12. The van der Waals surface area contributed by atoms with E-state index in [0.717, 1.165) is 17.9 Å². The standard InChI is InChI=1S/C20H17Cl2N2/c1-23-18-8-4-5-9-19(18)24(13-14-6-2-3-7-14)20(23)15-10-16(21)12-17(22)11-15/h2-12,14H,13H2,1H3/q+1. The Hall–Kier alpha value is -2.03. The van der Waals surface area contributed by atoms with Gasteiger partial charge in [0.25, 0.3) is 5.82 Å². The number of imidazole rings is 1. The quantitative estimate of drug-likeness (QED) is 0.572. The molecule has 1 heterocycles. The van der Waals surface area contributed by atoms with Crippen LogP contribution in [0.2, 0.25) is 10.0 Å². The van der Waals surface area contributed by atoms with Crippen molar-refractivity contribution in [1.29, 1.82) is 0 Å². The number of aryl methyl sites for hydroxylation is 1. The lowest BCUT2D eigenvalue weighted by Crippen LogP contribution is -2.30. The third kappa shape index (κ3) is 2.66. The van der Waals surface area contributed by atoms with Crippen molar-refractivity contribution < 1.29 is 4.57 Å². The number of benzene rings is 2. The summed E-state index contributed by atoms with van der Waals surface area (Å²) < 4.78 is 4.56. The average molecular weight is 356 g/mol. The van der Waals surface area contributed by atoms with Crippen LogP contribution in [0.3, 0.4) is 0 Å². The molecule has 0 fully saturated rings. The van der Waals surface area contributed by atoms with Gasteiger partial charge in [0.15, 0.2) is 11.0 Å². The minimum Gasteiger partial charge on any atom is -0.226 e. The first-order valence-corrected chi connectivity index (χ1v) is 8.68. The number of nitrogens with zero attached hydrogens (tertiary/aromatic N) is 2. The Morgan fingerprint density at radius 1 is 1.00 bits per heavy atom. The molecular weight excluding hydrogens is 339 g/mol. The van der Waals surface area contributed by atoms with Gasteiger partial charge in [0.2, 0.25) is 0 Å². The highest BCUT2D eigenvalue weighted by molar-refractivity contribution is 6.35. The first kappa shape index (κ1) is 15.5. The summed E-state index contributed by atoms with van der Waals surface area (Å²) in [6.07, 6.45) is 8.66. The van der Waals surface area contributed by atoms with Gasteiger partial charge in [0.1, 0.15) is 6.54 Å². The largest absolute Gasteiger partial charge is 0.289 e. The van der Waals surface area contributed by atoms with E-state index >= 15 is 0 Å². The molecule has 0 unspecified atom stereocenters. The second-order valence-electron chi connectivity index (χ2n) is 6.07. The summed E-state index contributed by atoms with van der Waals surface area (Å²) in [4.78, 5) is 0. The molecule has 0 atom stereocenters. The van der Waals surface area contributed by atoms with Gasteiger partial charge in [0, 0.05) is 16.0 Å². The van der Waals surface area contributed by atoms with E-state index in [9.17, 15) is 0 Å². The lowest BCUT2D eigenvalue weighted by atomic mass is 10.1. The van der Waals surface area contributed by atoms with Crippen LogP contribution in [-0.2, 0) is 13.6 Å². The van der Waals surface area contributed by atoms with Gasteiger partial charge >= 0.3 is 0 Å². The van der Waals surface area contributed by atoms with E-state index in [2.05, 4.69) is 64.8 Å². The minimum atomic E-state index is 0.397. The van der Waals surface area contributed by atoms with Crippen LogP contribution in [0.4, 0.5) is 0 Å². The van der Waals surface area contributed by atoms with Gasteiger partial charge in [-0.25, -0.2) is 9.13 Å². The van der Waals surface area contributed by atoms with Crippen molar-refractivity contribution in [2.45, 2.75) is 6.54 Å². The molecule has 2 aromatic carbocycles. The van der Waals surface area contributed by atoms with E-state index in [1.807, 2.05) is 12.1 Å². The predicted molar refractivity (Wildman–Crippen MR) is 100 cm³/mol. The maximum absolute atomic E-state index is 6.25. The van der Waals surface area contributed by atoms with Gasteiger partial charge in [-0.05, 0) is 30.3 Å². The van der Waals surface area contributed by atoms with Crippen LogP contribution in [0.25, 0.3) is 22.4 Å². The lowest BCUT2D eigenvalue weighted by molar-refractivity contribution is -0.634. The van der Waals surface area contributed by atoms with E-state index in [-0.39, 0.29) is 0 Å². The maximum atomic E-state index is 6.25. The zero-order valence-electron chi connectivity index (χ0n) is 13.3. The van der Waals surface area contributed by atoms with E-state index < -0.39 is 0 Å². The molecule has 4 heteroatoms. The Morgan fingerprint density at radius 2 is 1.67 bits per heavy atom. The molecule has 3 aromatic rings. The van der Waals surface area contributed by atoms with Crippen LogP contribution in [0.1, 0.15) is 0 Å². The second-order valence-corrected chi connectivity index (χ2v) is 6.95. The summed E-state index contributed by atoms with van der Waals surface area (Å²) in [5.74, 6) is 1.50. The monoisotopic (exact) mass is 355 g/mol. The van der Waals surface area contributed by atoms with E-state index in [1.54, 1.807) is 6.07 Å². The van der Waals surface area contributed by atoms with Crippen LogP contribution >= 0.6 is 23.2 Å². The average Bonchev–Trinajstić information content (AvgIpc) is 3.15. The van der Waals surface area contributed by atoms with Crippen molar-refractivity contribution in [2.24, 2.45) is 13.0 Å². The van der Waals surface area contributed by atoms with Gasteiger partial charge in [0.05, 0.1) is 12.6 Å². The third-order valence-corrected chi connectivity index (χ3v) is 4.89. The summed E-state index contributed by atoms with van der Waals surface area (Å²) >= 11 is 12.5. The maximum Gasteiger partial charge on any atom is 0.289 e. The molecular formula is C20H17Cl2N2+. The highest BCUT2D eigenvalue weighted by Crippen LogP contribution is 2.29. The molecule has 4 rings (SSSR count). The summed E-state index contributed by atoms with van der Waals surface area (Å²) in [6, 6.07) is 14.2. The fraction of sp³-hybridized carbons (Fsp3) is 0.150. The van der Waals surface area contributed by atoms with E-state index in [0.29, 0.717) is 16.0 Å². The van der Waals surface area contributed by atoms with Crippen molar-refractivity contribution >= 4 is 34.2 Å². The number of hydrogen-bond acceptors (Lipinski definition) is 0. The number of aromatic nitrogens is 2.